The van der Waals surface area contributed by atoms with Gasteiger partial charge in [0.15, 0.2) is 0 Å². The molecule has 0 unspecified atom stereocenters. The van der Waals surface area contributed by atoms with E-state index in [4.69, 9.17) is 4.74 Å². The molecule has 0 aliphatic heterocycles. The van der Waals surface area contributed by atoms with Gasteiger partial charge in [0, 0.05) is 7.11 Å². The Hall–Kier alpha value is -0.890. The lowest BCUT2D eigenvalue weighted by molar-refractivity contribution is -0.0437. The normalized spacial score (nSPS) is 14.1. The second kappa shape index (κ2) is 5.63. The van der Waals surface area contributed by atoms with Crippen LogP contribution in [0.25, 0.3) is 0 Å². The van der Waals surface area contributed by atoms with Crippen LogP contribution in [0.2, 0.25) is 0 Å². The Balaban J connectivity index is 2.84. The summed E-state index contributed by atoms with van der Waals surface area (Å²) in [6.07, 6.45) is 0.915. The highest BCUT2D eigenvalue weighted by Crippen LogP contribution is 2.30. The largest absolute Gasteiger partial charge is 0.379 e. The summed E-state index contributed by atoms with van der Waals surface area (Å²) >= 11 is 0. The Labute approximate surface area is 104 Å². The van der Waals surface area contributed by atoms with E-state index in [1.54, 1.807) is 7.11 Å². The molecule has 1 aromatic rings. The van der Waals surface area contributed by atoms with Crippen molar-refractivity contribution in [3.05, 3.63) is 35.6 Å². The molecule has 2 heteroatoms. The number of benzene rings is 1. The van der Waals surface area contributed by atoms with E-state index in [0.29, 0.717) is 11.8 Å². The Morgan fingerprint density at radius 1 is 1.18 bits per heavy atom. The van der Waals surface area contributed by atoms with E-state index < -0.39 is 0 Å². The first-order valence-electron chi connectivity index (χ1n) is 6.16. The molecule has 0 N–H and O–H groups in total. The van der Waals surface area contributed by atoms with Crippen molar-refractivity contribution >= 4 is 0 Å². The molecule has 0 aliphatic carbocycles. The zero-order valence-corrected chi connectivity index (χ0v) is 11.5. The molecule has 0 bridgehead atoms. The summed E-state index contributed by atoms with van der Waals surface area (Å²) in [5, 5.41) is 0. The van der Waals surface area contributed by atoms with Gasteiger partial charge in [-0.15, -0.1) is 0 Å². The average molecular weight is 238 g/mol. The predicted molar refractivity (Wildman–Crippen MR) is 69.5 cm³/mol. The number of ether oxygens (including phenoxy) is 1. The van der Waals surface area contributed by atoms with Gasteiger partial charge >= 0.3 is 0 Å². The highest BCUT2D eigenvalue weighted by atomic mass is 19.1. The summed E-state index contributed by atoms with van der Waals surface area (Å²) in [4.78, 5) is 0. The molecule has 96 valence electrons. The molecule has 1 aromatic carbocycles. The molecule has 0 spiro atoms. The highest BCUT2D eigenvalue weighted by Gasteiger charge is 2.31. The van der Waals surface area contributed by atoms with Crippen molar-refractivity contribution in [2.45, 2.75) is 39.7 Å². The molecule has 0 saturated heterocycles. The standard InChI is InChI=1S/C15H23FO/c1-11(2)14(15(3,4)17-5)10-12-6-8-13(16)9-7-12/h6-9,11,14H,10H2,1-5H3/t14-/m0/s1. The zero-order valence-electron chi connectivity index (χ0n) is 11.5. The summed E-state index contributed by atoms with van der Waals surface area (Å²) in [6.45, 7) is 8.63. The zero-order chi connectivity index (χ0) is 13.1. The van der Waals surface area contributed by atoms with Crippen LogP contribution in [-0.4, -0.2) is 12.7 Å². The summed E-state index contributed by atoms with van der Waals surface area (Å²) in [6, 6.07) is 6.76. The van der Waals surface area contributed by atoms with Crippen LogP contribution in [0, 0.1) is 17.7 Å². The molecule has 0 aromatic heterocycles. The first-order chi connectivity index (χ1) is 7.86. The number of methoxy groups -OCH3 is 1. The van der Waals surface area contributed by atoms with Gasteiger partial charge < -0.3 is 4.74 Å². The van der Waals surface area contributed by atoms with Gasteiger partial charge in [-0.3, -0.25) is 0 Å². The van der Waals surface area contributed by atoms with Crippen molar-refractivity contribution in [3.63, 3.8) is 0 Å². The molecular formula is C15H23FO. The van der Waals surface area contributed by atoms with Crippen LogP contribution in [-0.2, 0) is 11.2 Å². The minimum atomic E-state index is -0.180. The summed E-state index contributed by atoms with van der Waals surface area (Å²) < 4.78 is 18.4. The third-order valence-electron chi connectivity index (χ3n) is 3.59. The summed E-state index contributed by atoms with van der Waals surface area (Å²) in [7, 11) is 1.75. The molecule has 0 fully saturated rings. The van der Waals surface area contributed by atoms with Crippen LogP contribution in [0.1, 0.15) is 33.3 Å². The van der Waals surface area contributed by atoms with Crippen molar-refractivity contribution in [3.8, 4) is 0 Å². The lowest BCUT2D eigenvalue weighted by Crippen LogP contribution is -2.38. The lowest BCUT2D eigenvalue weighted by Gasteiger charge is -2.36. The van der Waals surface area contributed by atoms with Gasteiger partial charge in [0.1, 0.15) is 5.82 Å². The van der Waals surface area contributed by atoms with Gasteiger partial charge in [-0.1, -0.05) is 26.0 Å². The molecular weight excluding hydrogens is 215 g/mol. The molecule has 0 radical (unpaired) electrons. The van der Waals surface area contributed by atoms with E-state index in [0.717, 1.165) is 12.0 Å². The smallest absolute Gasteiger partial charge is 0.123 e. The molecule has 1 nitrogen and oxygen atoms in total. The molecule has 1 atom stereocenters. The van der Waals surface area contributed by atoms with Crippen molar-refractivity contribution < 1.29 is 9.13 Å². The van der Waals surface area contributed by atoms with E-state index in [1.165, 1.54) is 12.1 Å². The van der Waals surface area contributed by atoms with Crippen LogP contribution in [0.3, 0.4) is 0 Å². The number of hydrogen-bond donors (Lipinski definition) is 0. The molecule has 17 heavy (non-hydrogen) atoms. The fourth-order valence-electron chi connectivity index (χ4n) is 2.31. The quantitative estimate of drug-likeness (QED) is 0.751. The first-order valence-corrected chi connectivity index (χ1v) is 6.16. The maximum atomic E-state index is 12.9. The molecule has 0 saturated carbocycles. The first kappa shape index (κ1) is 14.2. The Bertz CT molecular complexity index is 340. The van der Waals surface area contributed by atoms with Crippen molar-refractivity contribution in [2.24, 2.45) is 11.8 Å². The fraction of sp³-hybridized carbons (Fsp3) is 0.600. The van der Waals surface area contributed by atoms with E-state index in [2.05, 4.69) is 27.7 Å². The third kappa shape index (κ3) is 3.81. The van der Waals surface area contributed by atoms with Crippen LogP contribution < -0.4 is 0 Å². The maximum Gasteiger partial charge on any atom is 0.123 e. The predicted octanol–water partition coefficient (Wildman–Crippen LogP) is 4.07. The Morgan fingerprint density at radius 2 is 1.71 bits per heavy atom. The monoisotopic (exact) mass is 238 g/mol. The van der Waals surface area contributed by atoms with Crippen molar-refractivity contribution in [1.29, 1.82) is 0 Å². The maximum absolute atomic E-state index is 12.9. The van der Waals surface area contributed by atoms with E-state index in [-0.39, 0.29) is 11.4 Å². The van der Waals surface area contributed by atoms with Crippen LogP contribution >= 0.6 is 0 Å². The number of halogens is 1. The van der Waals surface area contributed by atoms with Crippen molar-refractivity contribution in [1.82, 2.24) is 0 Å². The van der Waals surface area contributed by atoms with Gasteiger partial charge in [0.05, 0.1) is 5.60 Å². The molecule has 0 heterocycles. The molecule has 0 aliphatic rings. The van der Waals surface area contributed by atoms with Gasteiger partial charge in [-0.05, 0) is 49.8 Å². The highest BCUT2D eigenvalue weighted by molar-refractivity contribution is 5.17. The number of rotatable bonds is 5. The minimum absolute atomic E-state index is 0.164. The van der Waals surface area contributed by atoms with Crippen LogP contribution in [0.4, 0.5) is 4.39 Å². The number of hydrogen-bond acceptors (Lipinski definition) is 1. The van der Waals surface area contributed by atoms with E-state index in [1.807, 2.05) is 12.1 Å². The topological polar surface area (TPSA) is 9.23 Å². The second-order valence-corrected chi connectivity index (χ2v) is 5.49. The molecule has 0 amide bonds. The average Bonchev–Trinajstić information content (AvgIpc) is 2.27. The lowest BCUT2D eigenvalue weighted by atomic mass is 9.78. The van der Waals surface area contributed by atoms with E-state index >= 15 is 0 Å². The summed E-state index contributed by atoms with van der Waals surface area (Å²) in [5.74, 6) is 0.758. The minimum Gasteiger partial charge on any atom is -0.379 e. The SMILES string of the molecule is COC(C)(C)[C@@H](Cc1ccc(F)cc1)C(C)C. The Kier molecular flexibility index (Phi) is 4.70. The van der Waals surface area contributed by atoms with E-state index in [9.17, 15) is 4.39 Å². The Morgan fingerprint density at radius 3 is 2.12 bits per heavy atom. The van der Waals surface area contributed by atoms with Crippen molar-refractivity contribution in [2.75, 3.05) is 7.11 Å². The third-order valence-corrected chi connectivity index (χ3v) is 3.59. The second-order valence-electron chi connectivity index (χ2n) is 5.49. The fourth-order valence-corrected chi connectivity index (χ4v) is 2.31. The van der Waals surface area contributed by atoms with Crippen LogP contribution in [0.15, 0.2) is 24.3 Å². The van der Waals surface area contributed by atoms with Crippen LogP contribution in [0.5, 0.6) is 0 Å². The van der Waals surface area contributed by atoms with Gasteiger partial charge in [0.25, 0.3) is 0 Å². The van der Waals surface area contributed by atoms with Gasteiger partial charge in [-0.25, -0.2) is 4.39 Å². The summed E-state index contributed by atoms with van der Waals surface area (Å²) in [5.41, 5.74) is 0.998. The van der Waals surface area contributed by atoms with Gasteiger partial charge in [-0.2, -0.15) is 0 Å². The van der Waals surface area contributed by atoms with Gasteiger partial charge in [0.2, 0.25) is 0 Å². The molecule has 1 rings (SSSR count).